The summed E-state index contributed by atoms with van der Waals surface area (Å²) in [5.74, 6) is -1.69. The minimum absolute atomic E-state index is 0.0145. The Morgan fingerprint density at radius 2 is 1.62 bits per heavy atom. The molecule has 0 aliphatic rings. The second-order valence-electron chi connectivity index (χ2n) is 5.66. The van der Waals surface area contributed by atoms with Gasteiger partial charge in [0.05, 0.1) is 22.2 Å². The SMILES string of the molecule is CCCC(C)OC(=O)c1ccccc1C(=O)Oc1ccccc1[N+](=O)[O-]. The van der Waals surface area contributed by atoms with Gasteiger partial charge >= 0.3 is 17.6 Å². The van der Waals surface area contributed by atoms with Crippen LogP contribution in [-0.2, 0) is 4.74 Å². The summed E-state index contributed by atoms with van der Waals surface area (Å²) < 4.78 is 10.5. The lowest BCUT2D eigenvalue weighted by molar-refractivity contribution is -0.385. The number of nitrogens with zero attached hydrogens (tertiary/aromatic N) is 1. The molecule has 7 nitrogen and oxygen atoms in total. The van der Waals surface area contributed by atoms with Crippen LogP contribution < -0.4 is 4.74 Å². The third kappa shape index (κ3) is 4.66. The number of hydrogen-bond acceptors (Lipinski definition) is 6. The number of rotatable bonds is 7. The maximum atomic E-state index is 12.5. The number of esters is 2. The summed E-state index contributed by atoms with van der Waals surface area (Å²) in [4.78, 5) is 35.2. The van der Waals surface area contributed by atoms with Crippen molar-refractivity contribution < 1.29 is 24.0 Å². The number of nitro benzene ring substituents is 1. The lowest BCUT2D eigenvalue weighted by Crippen LogP contribution is -2.19. The van der Waals surface area contributed by atoms with Gasteiger partial charge in [-0.1, -0.05) is 37.6 Å². The van der Waals surface area contributed by atoms with Crippen LogP contribution in [0.1, 0.15) is 47.4 Å². The molecule has 0 spiro atoms. The fraction of sp³-hybridized carbons (Fsp3) is 0.263. The molecule has 0 saturated heterocycles. The predicted molar refractivity (Wildman–Crippen MR) is 94.3 cm³/mol. The van der Waals surface area contributed by atoms with E-state index < -0.39 is 16.9 Å². The van der Waals surface area contributed by atoms with Gasteiger partial charge in [0, 0.05) is 6.07 Å². The zero-order valence-electron chi connectivity index (χ0n) is 14.5. The number of ether oxygens (including phenoxy) is 2. The molecular formula is C19H19NO6. The molecule has 1 unspecified atom stereocenters. The number of nitro groups is 1. The fourth-order valence-corrected chi connectivity index (χ4v) is 2.40. The number of carbonyl (C=O) groups excluding carboxylic acids is 2. The number of benzene rings is 2. The van der Waals surface area contributed by atoms with Gasteiger partial charge in [0.2, 0.25) is 5.75 Å². The van der Waals surface area contributed by atoms with E-state index in [2.05, 4.69) is 0 Å². The molecule has 2 rings (SSSR count). The van der Waals surface area contributed by atoms with Gasteiger partial charge in [-0.2, -0.15) is 0 Å². The Morgan fingerprint density at radius 3 is 2.23 bits per heavy atom. The van der Waals surface area contributed by atoms with E-state index in [9.17, 15) is 19.7 Å². The normalized spacial score (nSPS) is 11.5. The smallest absolute Gasteiger partial charge is 0.344 e. The molecule has 0 aliphatic carbocycles. The largest absolute Gasteiger partial charge is 0.459 e. The first-order chi connectivity index (χ1) is 12.4. The highest BCUT2D eigenvalue weighted by molar-refractivity contribution is 6.04. The second kappa shape index (κ2) is 8.75. The van der Waals surface area contributed by atoms with Gasteiger partial charge < -0.3 is 9.47 Å². The molecule has 2 aromatic rings. The van der Waals surface area contributed by atoms with Crippen LogP contribution in [0, 0.1) is 10.1 Å². The molecule has 26 heavy (non-hydrogen) atoms. The number of carbonyl (C=O) groups is 2. The summed E-state index contributed by atoms with van der Waals surface area (Å²) in [5.41, 5.74) is -0.295. The third-order valence-corrected chi connectivity index (χ3v) is 3.63. The highest BCUT2D eigenvalue weighted by atomic mass is 16.6. The van der Waals surface area contributed by atoms with E-state index in [4.69, 9.17) is 9.47 Å². The molecule has 136 valence electrons. The van der Waals surface area contributed by atoms with Crippen LogP contribution in [0.5, 0.6) is 5.75 Å². The molecule has 0 bridgehead atoms. The lowest BCUT2D eigenvalue weighted by Gasteiger charge is -2.14. The Morgan fingerprint density at radius 1 is 1.04 bits per heavy atom. The van der Waals surface area contributed by atoms with Gasteiger partial charge in [-0.15, -0.1) is 0 Å². The summed E-state index contributed by atoms with van der Waals surface area (Å²) in [5, 5.41) is 11.0. The first-order valence-electron chi connectivity index (χ1n) is 8.19. The summed E-state index contributed by atoms with van der Waals surface area (Å²) in [6, 6.07) is 11.6. The Labute approximate surface area is 150 Å². The van der Waals surface area contributed by atoms with Crippen molar-refractivity contribution >= 4 is 17.6 Å². The first kappa shape index (κ1) is 19.1. The predicted octanol–water partition coefficient (Wildman–Crippen LogP) is 4.16. The van der Waals surface area contributed by atoms with Gasteiger partial charge in [-0.3, -0.25) is 10.1 Å². The van der Waals surface area contributed by atoms with Crippen molar-refractivity contribution in [1.29, 1.82) is 0 Å². The van der Waals surface area contributed by atoms with Crippen LogP contribution in [0.15, 0.2) is 48.5 Å². The van der Waals surface area contributed by atoms with Crippen molar-refractivity contribution in [3.8, 4) is 5.75 Å². The minimum Gasteiger partial charge on any atom is -0.459 e. The van der Waals surface area contributed by atoms with Crippen molar-refractivity contribution in [1.82, 2.24) is 0 Å². The summed E-state index contributed by atoms with van der Waals surface area (Å²) in [6.45, 7) is 3.75. The van der Waals surface area contributed by atoms with E-state index >= 15 is 0 Å². The van der Waals surface area contributed by atoms with E-state index in [1.165, 1.54) is 36.4 Å². The maximum absolute atomic E-state index is 12.5. The molecule has 0 aromatic heterocycles. The molecule has 0 heterocycles. The monoisotopic (exact) mass is 357 g/mol. The molecule has 0 fully saturated rings. The number of para-hydroxylation sites is 2. The lowest BCUT2D eigenvalue weighted by atomic mass is 10.1. The molecule has 2 aromatic carbocycles. The first-order valence-corrected chi connectivity index (χ1v) is 8.19. The van der Waals surface area contributed by atoms with Crippen molar-refractivity contribution in [2.24, 2.45) is 0 Å². The van der Waals surface area contributed by atoms with E-state index in [-0.39, 0.29) is 28.7 Å². The molecule has 1 atom stereocenters. The second-order valence-corrected chi connectivity index (χ2v) is 5.66. The number of hydrogen-bond donors (Lipinski definition) is 0. The maximum Gasteiger partial charge on any atom is 0.344 e. The zero-order valence-corrected chi connectivity index (χ0v) is 14.5. The van der Waals surface area contributed by atoms with Crippen molar-refractivity contribution in [3.05, 3.63) is 69.8 Å². The highest BCUT2D eigenvalue weighted by Gasteiger charge is 2.23. The van der Waals surface area contributed by atoms with Crippen LogP contribution in [0.2, 0.25) is 0 Å². The zero-order chi connectivity index (χ0) is 19.1. The van der Waals surface area contributed by atoms with Gasteiger partial charge in [0.1, 0.15) is 0 Å². The van der Waals surface area contributed by atoms with Crippen molar-refractivity contribution in [3.63, 3.8) is 0 Å². The third-order valence-electron chi connectivity index (χ3n) is 3.63. The van der Waals surface area contributed by atoms with Gasteiger partial charge in [0.25, 0.3) is 0 Å². The molecule has 7 heteroatoms. The van der Waals surface area contributed by atoms with Crippen LogP contribution >= 0.6 is 0 Å². The molecule has 0 radical (unpaired) electrons. The topological polar surface area (TPSA) is 95.7 Å². The van der Waals surface area contributed by atoms with E-state index in [0.717, 1.165) is 6.42 Å². The summed E-state index contributed by atoms with van der Waals surface area (Å²) >= 11 is 0. The highest BCUT2D eigenvalue weighted by Crippen LogP contribution is 2.27. The van der Waals surface area contributed by atoms with Crippen molar-refractivity contribution in [2.45, 2.75) is 32.8 Å². The van der Waals surface area contributed by atoms with Gasteiger partial charge in [-0.25, -0.2) is 9.59 Å². The Kier molecular flexibility index (Phi) is 6.43. The quantitative estimate of drug-likeness (QED) is 0.319. The van der Waals surface area contributed by atoms with Crippen LogP contribution in [0.25, 0.3) is 0 Å². The van der Waals surface area contributed by atoms with E-state index in [1.807, 2.05) is 6.92 Å². The fourth-order valence-electron chi connectivity index (χ4n) is 2.40. The van der Waals surface area contributed by atoms with E-state index in [0.29, 0.717) is 6.42 Å². The summed E-state index contributed by atoms with van der Waals surface area (Å²) in [6.07, 6.45) is 1.27. The molecule has 0 amide bonds. The Balaban J connectivity index is 2.25. The molecule has 0 saturated carbocycles. The van der Waals surface area contributed by atoms with Gasteiger partial charge in [-0.05, 0) is 31.5 Å². The average molecular weight is 357 g/mol. The van der Waals surface area contributed by atoms with Crippen LogP contribution in [0.3, 0.4) is 0 Å². The van der Waals surface area contributed by atoms with Crippen LogP contribution in [0.4, 0.5) is 5.69 Å². The Hall–Kier alpha value is -3.22. The van der Waals surface area contributed by atoms with E-state index in [1.54, 1.807) is 19.1 Å². The van der Waals surface area contributed by atoms with Crippen LogP contribution in [-0.4, -0.2) is 23.0 Å². The molecule has 0 N–H and O–H groups in total. The minimum atomic E-state index is -0.866. The Bertz CT molecular complexity index is 817. The van der Waals surface area contributed by atoms with Gasteiger partial charge in [0.15, 0.2) is 0 Å². The standard InChI is InChI=1S/C19H19NO6/c1-3-8-13(2)25-18(21)14-9-4-5-10-15(14)19(22)26-17-12-7-6-11-16(17)20(23)24/h4-7,9-13H,3,8H2,1-2H3. The van der Waals surface area contributed by atoms with Crippen molar-refractivity contribution in [2.75, 3.05) is 0 Å². The molecular weight excluding hydrogens is 338 g/mol. The summed E-state index contributed by atoms with van der Waals surface area (Å²) in [7, 11) is 0. The molecule has 0 aliphatic heterocycles. The average Bonchev–Trinajstić information content (AvgIpc) is 2.62.